The standard InChI is InChI=1S/C25H31F3N4O2/c1-17(2)22(31-24(34)30-20-9-4-3-5-10-20)23(33)29-21-11-13-32(14-12-21)16-18-7-6-8-19(15-18)25(26,27)28/h3-10,15,17,21-22H,11-14,16H2,1-2H3,(H,29,33)(H2,30,31,34). The van der Waals surface area contributed by atoms with E-state index in [1.54, 1.807) is 18.2 Å². The average molecular weight is 477 g/mol. The van der Waals surface area contributed by atoms with Crippen LogP contribution in [0, 0.1) is 5.92 Å². The van der Waals surface area contributed by atoms with Crippen molar-refractivity contribution in [3.63, 3.8) is 0 Å². The van der Waals surface area contributed by atoms with Gasteiger partial charge in [-0.25, -0.2) is 4.79 Å². The Labute approximate surface area is 197 Å². The molecular formula is C25H31F3N4O2. The Hall–Kier alpha value is -3.07. The first-order valence-corrected chi connectivity index (χ1v) is 11.4. The van der Waals surface area contributed by atoms with E-state index in [0.29, 0.717) is 43.7 Å². The molecule has 2 aromatic rings. The molecule has 1 aliphatic heterocycles. The molecule has 0 bridgehead atoms. The first kappa shape index (κ1) is 25.6. The van der Waals surface area contributed by atoms with Crippen LogP contribution in [0.5, 0.6) is 0 Å². The van der Waals surface area contributed by atoms with Crippen LogP contribution in [0.4, 0.5) is 23.7 Å². The molecule has 1 fully saturated rings. The largest absolute Gasteiger partial charge is 0.416 e. The second-order valence-electron chi connectivity index (χ2n) is 8.94. The van der Waals surface area contributed by atoms with Gasteiger partial charge in [0.1, 0.15) is 6.04 Å². The number of alkyl halides is 3. The second kappa shape index (κ2) is 11.4. The molecule has 3 amide bonds. The van der Waals surface area contributed by atoms with Crippen LogP contribution in [-0.2, 0) is 17.5 Å². The van der Waals surface area contributed by atoms with Gasteiger partial charge in [-0.05, 0) is 42.5 Å². The summed E-state index contributed by atoms with van der Waals surface area (Å²) >= 11 is 0. The lowest BCUT2D eigenvalue weighted by molar-refractivity contribution is -0.137. The number of piperidine rings is 1. The highest BCUT2D eigenvalue weighted by Gasteiger charge is 2.31. The average Bonchev–Trinajstić information content (AvgIpc) is 2.79. The fourth-order valence-corrected chi connectivity index (χ4v) is 4.00. The van der Waals surface area contributed by atoms with Crippen LogP contribution >= 0.6 is 0 Å². The minimum atomic E-state index is -4.35. The number of amides is 3. The fourth-order valence-electron chi connectivity index (χ4n) is 4.00. The number of carbonyl (C=O) groups is 2. The van der Waals surface area contributed by atoms with Crippen LogP contribution in [0.1, 0.15) is 37.8 Å². The van der Waals surface area contributed by atoms with Crippen molar-refractivity contribution < 1.29 is 22.8 Å². The smallest absolute Gasteiger partial charge is 0.351 e. The topological polar surface area (TPSA) is 73.5 Å². The third kappa shape index (κ3) is 7.48. The second-order valence-corrected chi connectivity index (χ2v) is 8.94. The number of carbonyl (C=O) groups excluding carboxylic acids is 2. The minimum absolute atomic E-state index is 0.0505. The van der Waals surface area contributed by atoms with Crippen LogP contribution in [0.3, 0.4) is 0 Å². The molecule has 6 nitrogen and oxygen atoms in total. The first-order valence-electron chi connectivity index (χ1n) is 11.4. The van der Waals surface area contributed by atoms with Crippen molar-refractivity contribution in [3.05, 3.63) is 65.7 Å². The highest BCUT2D eigenvalue weighted by molar-refractivity contribution is 5.93. The number of nitrogens with one attached hydrogen (secondary N) is 3. The van der Waals surface area contributed by atoms with Crippen LogP contribution in [0.25, 0.3) is 0 Å². The van der Waals surface area contributed by atoms with Crippen LogP contribution in [0.2, 0.25) is 0 Å². The van der Waals surface area contributed by atoms with Crippen molar-refractivity contribution in [2.45, 2.75) is 51.5 Å². The molecule has 1 saturated heterocycles. The molecule has 0 aromatic heterocycles. The van der Waals surface area contributed by atoms with E-state index in [4.69, 9.17) is 0 Å². The number of urea groups is 1. The van der Waals surface area contributed by atoms with Gasteiger partial charge in [-0.3, -0.25) is 9.69 Å². The Morgan fingerprint density at radius 1 is 1.03 bits per heavy atom. The van der Waals surface area contributed by atoms with E-state index in [-0.39, 0.29) is 17.9 Å². The lowest BCUT2D eigenvalue weighted by Gasteiger charge is -2.33. The first-order chi connectivity index (χ1) is 16.1. The normalized spacial score (nSPS) is 16.2. The van der Waals surface area contributed by atoms with Gasteiger partial charge in [0.05, 0.1) is 5.56 Å². The zero-order chi connectivity index (χ0) is 24.7. The summed E-state index contributed by atoms with van der Waals surface area (Å²) in [6.07, 6.45) is -2.98. The number of para-hydroxylation sites is 1. The maximum absolute atomic E-state index is 12.9. The van der Waals surface area contributed by atoms with E-state index in [2.05, 4.69) is 20.9 Å². The molecule has 2 aromatic carbocycles. The molecule has 1 unspecified atom stereocenters. The monoisotopic (exact) mass is 476 g/mol. The molecule has 34 heavy (non-hydrogen) atoms. The molecular weight excluding hydrogens is 445 g/mol. The summed E-state index contributed by atoms with van der Waals surface area (Å²) in [6.45, 7) is 5.49. The SMILES string of the molecule is CC(C)C(NC(=O)Nc1ccccc1)C(=O)NC1CCN(Cc2cccc(C(F)(F)F)c2)CC1. The lowest BCUT2D eigenvalue weighted by Crippen LogP contribution is -2.54. The van der Waals surface area contributed by atoms with Crippen molar-refractivity contribution in [3.8, 4) is 0 Å². The van der Waals surface area contributed by atoms with Crippen molar-refractivity contribution in [1.82, 2.24) is 15.5 Å². The maximum atomic E-state index is 12.9. The van der Waals surface area contributed by atoms with Crippen molar-refractivity contribution in [2.24, 2.45) is 5.92 Å². The third-order valence-corrected chi connectivity index (χ3v) is 5.86. The summed E-state index contributed by atoms with van der Waals surface area (Å²) in [5.74, 6) is -0.350. The maximum Gasteiger partial charge on any atom is 0.416 e. The highest BCUT2D eigenvalue weighted by atomic mass is 19.4. The van der Waals surface area contributed by atoms with Crippen LogP contribution in [0.15, 0.2) is 54.6 Å². The number of likely N-dealkylation sites (tertiary alicyclic amines) is 1. The van der Waals surface area contributed by atoms with E-state index >= 15 is 0 Å². The Balaban J connectivity index is 1.48. The molecule has 0 spiro atoms. The van der Waals surface area contributed by atoms with Gasteiger partial charge in [-0.1, -0.05) is 50.2 Å². The number of rotatable bonds is 7. The lowest BCUT2D eigenvalue weighted by atomic mass is 10.00. The van der Waals surface area contributed by atoms with Gasteiger partial charge in [0.25, 0.3) is 0 Å². The summed E-state index contributed by atoms with van der Waals surface area (Å²) in [5.41, 5.74) is 0.609. The van der Waals surface area contributed by atoms with Gasteiger partial charge in [-0.2, -0.15) is 13.2 Å². The third-order valence-electron chi connectivity index (χ3n) is 5.86. The number of nitrogens with zero attached hydrogens (tertiary/aromatic N) is 1. The molecule has 0 aliphatic carbocycles. The molecule has 1 atom stereocenters. The summed E-state index contributed by atoms with van der Waals surface area (Å²) in [7, 11) is 0. The number of hydrogen-bond acceptors (Lipinski definition) is 3. The van der Waals surface area contributed by atoms with E-state index in [1.807, 2.05) is 32.0 Å². The van der Waals surface area contributed by atoms with Crippen molar-refractivity contribution in [2.75, 3.05) is 18.4 Å². The Kier molecular flexibility index (Phi) is 8.55. The van der Waals surface area contributed by atoms with Crippen LogP contribution < -0.4 is 16.0 Å². The summed E-state index contributed by atoms with van der Waals surface area (Å²) in [4.78, 5) is 27.3. The molecule has 1 aliphatic rings. The zero-order valence-corrected chi connectivity index (χ0v) is 19.4. The molecule has 184 valence electrons. The van der Waals surface area contributed by atoms with Crippen molar-refractivity contribution >= 4 is 17.6 Å². The van der Waals surface area contributed by atoms with Gasteiger partial charge in [-0.15, -0.1) is 0 Å². The van der Waals surface area contributed by atoms with Gasteiger partial charge in [0.15, 0.2) is 0 Å². The predicted molar refractivity (Wildman–Crippen MR) is 125 cm³/mol. The molecule has 0 saturated carbocycles. The Morgan fingerprint density at radius 2 is 1.71 bits per heavy atom. The van der Waals surface area contributed by atoms with E-state index in [0.717, 1.165) is 6.07 Å². The Bertz CT molecular complexity index is 958. The molecule has 1 heterocycles. The van der Waals surface area contributed by atoms with Gasteiger partial charge in [0.2, 0.25) is 5.91 Å². The highest BCUT2D eigenvalue weighted by Crippen LogP contribution is 2.30. The number of benzene rings is 2. The van der Waals surface area contributed by atoms with E-state index in [9.17, 15) is 22.8 Å². The summed E-state index contributed by atoms with van der Waals surface area (Å²) in [6, 6.07) is 13.2. The summed E-state index contributed by atoms with van der Waals surface area (Å²) < 4.78 is 38.8. The van der Waals surface area contributed by atoms with Gasteiger partial charge < -0.3 is 16.0 Å². The predicted octanol–water partition coefficient (Wildman–Crippen LogP) is 4.63. The summed E-state index contributed by atoms with van der Waals surface area (Å²) in [5, 5.41) is 8.50. The van der Waals surface area contributed by atoms with E-state index in [1.165, 1.54) is 12.1 Å². The van der Waals surface area contributed by atoms with Gasteiger partial charge >= 0.3 is 12.2 Å². The molecule has 0 radical (unpaired) electrons. The quantitative estimate of drug-likeness (QED) is 0.546. The fraction of sp³-hybridized carbons (Fsp3) is 0.440. The Morgan fingerprint density at radius 3 is 2.32 bits per heavy atom. The van der Waals surface area contributed by atoms with Crippen molar-refractivity contribution in [1.29, 1.82) is 0 Å². The molecule has 9 heteroatoms. The van der Waals surface area contributed by atoms with Gasteiger partial charge in [0, 0.05) is 31.4 Å². The number of anilines is 1. The number of hydrogen-bond donors (Lipinski definition) is 3. The number of halogens is 3. The molecule has 3 N–H and O–H groups in total. The van der Waals surface area contributed by atoms with Crippen LogP contribution in [-0.4, -0.2) is 42.0 Å². The van der Waals surface area contributed by atoms with E-state index < -0.39 is 23.8 Å². The zero-order valence-electron chi connectivity index (χ0n) is 19.4. The minimum Gasteiger partial charge on any atom is -0.351 e. The molecule has 3 rings (SSSR count).